The maximum absolute atomic E-state index is 11.4. The molecule has 2 heterocycles. The predicted octanol–water partition coefficient (Wildman–Crippen LogP) is -0.745. The first-order chi connectivity index (χ1) is 7.48. The molecule has 0 spiro atoms. The maximum Gasteiger partial charge on any atom is 0.154 e. The Bertz CT molecular complexity index is 337. The van der Waals surface area contributed by atoms with Gasteiger partial charge in [0.15, 0.2) is 9.84 Å². The van der Waals surface area contributed by atoms with Crippen LogP contribution in [0.3, 0.4) is 0 Å². The van der Waals surface area contributed by atoms with E-state index in [2.05, 4.69) is 0 Å². The van der Waals surface area contributed by atoms with Crippen LogP contribution < -0.4 is 0 Å². The molecule has 1 N–H and O–H groups in total. The van der Waals surface area contributed by atoms with Crippen molar-refractivity contribution in [3.05, 3.63) is 0 Å². The van der Waals surface area contributed by atoms with Crippen molar-refractivity contribution < 1.29 is 18.3 Å². The van der Waals surface area contributed by atoms with E-state index in [0.29, 0.717) is 6.54 Å². The molecule has 0 amide bonds. The van der Waals surface area contributed by atoms with Crippen molar-refractivity contribution in [2.45, 2.75) is 31.1 Å². The molecular weight excluding hydrogens is 230 g/mol. The molecule has 3 atom stereocenters. The van der Waals surface area contributed by atoms with Gasteiger partial charge in [-0.25, -0.2) is 8.42 Å². The van der Waals surface area contributed by atoms with Gasteiger partial charge in [0.05, 0.1) is 29.8 Å². The van der Waals surface area contributed by atoms with Crippen molar-refractivity contribution in [2.75, 3.05) is 31.7 Å². The first-order valence-electron chi connectivity index (χ1n) is 5.68. The lowest BCUT2D eigenvalue weighted by atomic mass is 10.1. The fourth-order valence-corrected chi connectivity index (χ4v) is 4.35. The van der Waals surface area contributed by atoms with Gasteiger partial charge in [-0.2, -0.15) is 0 Å². The second kappa shape index (κ2) is 4.60. The second-order valence-corrected chi connectivity index (χ2v) is 6.94. The molecule has 0 saturated carbocycles. The van der Waals surface area contributed by atoms with E-state index < -0.39 is 15.9 Å². The lowest BCUT2D eigenvalue weighted by Gasteiger charge is -2.27. The van der Waals surface area contributed by atoms with Gasteiger partial charge >= 0.3 is 0 Å². The van der Waals surface area contributed by atoms with Gasteiger partial charge in [-0.05, 0) is 19.9 Å². The lowest BCUT2D eigenvalue weighted by molar-refractivity contribution is 0.0427. The third kappa shape index (κ3) is 2.74. The van der Waals surface area contributed by atoms with E-state index in [0.717, 1.165) is 19.4 Å². The summed E-state index contributed by atoms with van der Waals surface area (Å²) in [6.45, 7) is 1.50. The Morgan fingerprint density at radius 2 is 2.19 bits per heavy atom. The van der Waals surface area contributed by atoms with E-state index in [4.69, 9.17) is 4.74 Å². The topological polar surface area (TPSA) is 66.8 Å². The summed E-state index contributed by atoms with van der Waals surface area (Å²) < 4.78 is 28.2. The first-order valence-corrected chi connectivity index (χ1v) is 7.50. The molecule has 2 aliphatic heterocycles. The molecule has 0 aromatic heterocycles. The highest BCUT2D eigenvalue weighted by molar-refractivity contribution is 7.91. The molecule has 5 nitrogen and oxygen atoms in total. The average molecular weight is 249 g/mol. The monoisotopic (exact) mass is 249 g/mol. The molecular formula is C10H19NO4S. The highest BCUT2D eigenvalue weighted by Crippen LogP contribution is 2.20. The third-order valence-electron chi connectivity index (χ3n) is 3.38. The zero-order chi connectivity index (χ0) is 11.8. The van der Waals surface area contributed by atoms with Crippen LogP contribution in [-0.2, 0) is 14.6 Å². The summed E-state index contributed by atoms with van der Waals surface area (Å²) >= 11 is 0. The number of aliphatic hydroxyl groups is 1. The van der Waals surface area contributed by atoms with Gasteiger partial charge in [0.25, 0.3) is 0 Å². The lowest BCUT2D eigenvalue weighted by Crippen LogP contribution is -2.44. The summed E-state index contributed by atoms with van der Waals surface area (Å²) in [5, 5.41) is 9.71. The standard InChI is InChI=1S/C10H19NO4S/c1-11(5-8-3-2-4-15-8)9-6-16(13,14)7-10(9)12/h8-10,12H,2-7H2,1H3. The first kappa shape index (κ1) is 12.3. The Labute approximate surface area is 96.3 Å². The molecule has 6 heteroatoms. The Morgan fingerprint density at radius 3 is 2.69 bits per heavy atom. The van der Waals surface area contributed by atoms with Crippen molar-refractivity contribution in [3.63, 3.8) is 0 Å². The molecule has 0 aromatic carbocycles. The van der Waals surface area contributed by atoms with Crippen molar-refractivity contribution in [2.24, 2.45) is 0 Å². The number of sulfone groups is 1. The molecule has 2 fully saturated rings. The molecule has 16 heavy (non-hydrogen) atoms. The van der Waals surface area contributed by atoms with Crippen molar-refractivity contribution in [3.8, 4) is 0 Å². The molecule has 0 aliphatic carbocycles. The molecule has 0 radical (unpaired) electrons. The van der Waals surface area contributed by atoms with Crippen LogP contribution in [0.25, 0.3) is 0 Å². The Hall–Kier alpha value is -0.170. The highest BCUT2D eigenvalue weighted by atomic mass is 32.2. The van der Waals surface area contributed by atoms with Crippen molar-refractivity contribution in [1.82, 2.24) is 4.90 Å². The summed E-state index contributed by atoms with van der Waals surface area (Å²) in [5.74, 6) is -0.0368. The van der Waals surface area contributed by atoms with Gasteiger partial charge < -0.3 is 9.84 Å². The van der Waals surface area contributed by atoms with Gasteiger partial charge in [0, 0.05) is 13.2 Å². The largest absolute Gasteiger partial charge is 0.390 e. The summed E-state index contributed by atoms with van der Waals surface area (Å²) in [6, 6.07) is -0.269. The molecule has 2 rings (SSSR count). The zero-order valence-corrected chi connectivity index (χ0v) is 10.3. The Kier molecular flexibility index (Phi) is 3.53. The van der Waals surface area contributed by atoms with Crippen LogP contribution in [0.1, 0.15) is 12.8 Å². The maximum atomic E-state index is 11.4. The van der Waals surface area contributed by atoms with E-state index in [1.165, 1.54) is 0 Å². The molecule has 3 unspecified atom stereocenters. The quantitative estimate of drug-likeness (QED) is 0.713. The van der Waals surface area contributed by atoms with Gasteiger partial charge in [-0.15, -0.1) is 0 Å². The summed E-state index contributed by atoms with van der Waals surface area (Å²) in [7, 11) is -1.20. The SMILES string of the molecule is CN(CC1CCCO1)C1CS(=O)(=O)CC1O. The van der Waals surface area contributed by atoms with E-state index >= 15 is 0 Å². The minimum Gasteiger partial charge on any atom is -0.390 e. The van der Waals surface area contributed by atoms with Gasteiger partial charge in [0.1, 0.15) is 0 Å². The highest BCUT2D eigenvalue weighted by Gasteiger charge is 2.39. The minimum atomic E-state index is -3.06. The second-order valence-electron chi connectivity index (χ2n) is 4.79. The number of nitrogens with zero attached hydrogens (tertiary/aromatic N) is 1. The number of hydrogen-bond acceptors (Lipinski definition) is 5. The normalized spacial score (nSPS) is 38.3. The number of ether oxygens (including phenoxy) is 1. The Morgan fingerprint density at radius 1 is 1.44 bits per heavy atom. The minimum absolute atomic E-state index is 0.0669. The summed E-state index contributed by atoms with van der Waals surface area (Å²) in [4.78, 5) is 1.92. The van der Waals surface area contributed by atoms with Crippen LogP contribution in [0.15, 0.2) is 0 Å². The molecule has 2 saturated heterocycles. The number of rotatable bonds is 3. The van der Waals surface area contributed by atoms with Crippen LogP contribution in [0, 0.1) is 0 Å². The van der Waals surface area contributed by atoms with E-state index in [-0.39, 0.29) is 23.7 Å². The molecule has 0 bridgehead atoms. The van der Waals surface area contributed by atoms with Crippen LogP contribution in [0.4, 0.5) is 0 Å². The number of hydrogen-bond donors (Lipinski definition) is 1. The van der Waals surface area contributed by atoms with Gasteiger partial charge in [-0.1, -0.05) is 0 Å². The average Bonchev–Trinajstić information content (AvgIpc) is 2.73. The zero-order valence-electron chi connectivity index (χ0n) is 9.50. The predicted molar refractivity (Wildman–Crippen MR) is 60.1 cm³/mol. The molecule has 0 aromatic rings. The smallest absolute Gasteiger partial charge is 0.154 e. The van der Waals surface area contributed by atoms with Crippen LogP contribution >= 0.6 is 0 Å². The number of likely N-dealkylation sites (N-methyl/N-ethyl adjacent to an activating group) is 1. The van der Waals surface area contributed by atoms with Gasteiger partial charge in [0.2, 0.25) is 0 Å². The Balaban J connectivity index is 1.91. The van der Waals surface area contributed by atoms with Crippen molar-refractivity contribution in [1.29, 1.82) is 0 Å². The van der Waals surface area contributed by atoms with Crippen LogP contribution in [-0.4, -0.2) is 68.4 Å². The van der Waals surface area contributed by atoms with Crippen molar-refractivity contribution >= 4 is 9.84 Å². The van der Waals surface area contributed by atoms with Crippen LogP contribution in [0.5, 0.6) is 0 Å². The third-order valence-corrected chi connectivity index (χ3v) is 5.07. The van der Waals surface area contributed by atoms with E-state index in [9.17, 15) is 13.5 Å². The fraction of sp³-hybridized carbons (Fsp3) is 1.00. The summed E-state index contributed by atoms with van der Waals surface area (Å²) in [6.07, 6.45) is 1.54. The van der Waals surface area contributed by atoms with E-state index in [1.54, 1.807) is 0 Å². The van der Waals surface area contributed by atoms with Crippen LogP contribution in [0.2, 0.25) is 0 Å². The number of aliphatic hydroxyl groups excluding tert-OH is 1. The molecule has 94 valence electrons. The molecule has 2 aliphatic rings. The van der Waals surface area contributed by atoms with E-state index in [1.807, 2.05) is 11.9 Å². The van der Waals surface area contributed by atoms with Gasteiger partial charge in [-0.3, -0.25) is 4.90 Å². The summed E-state index contributed by atoms with van der Waals surface area (Å²) in [5.41, 5.74) is 0. The fourth-order valence-electron chi connectivity index (χ4n) is 2.48.